The van der Waals surface area contributed by atoms with Gasteiger partial charge in [-0.1, -0.05) is 44.2 Å². The maximum absolute atomic E-state index is 14.6. The molecule has 1 fully saturated rings. The highest BCUT2D eigenvalue weighted by Gasteiger charge is 2.59. The fraction of sp³-hybridized carbons (Fsp3) is 0.478. The maximum atomic E-state index is 14.6. The van der Waals surface area contributed by atoms with Crippen LogP contribution in [0.25, 0.3) is 0 Å². The molecule has 0 amide bonds. The Morgan fingerprint density at radius 1 is 1.00 bits per heavy atom. The summed E-state index contributed by atoms with van der Waals surface area (Å²) in [6.45, 7) is 5.35. The molecule has 0 spiro atoms. The van der Waals surface area contributed by atoms with Crippen LogP contribution in [0.5, 0.6) is 0 Å². The van der Waals surface area contributed by atoms with E-state index >= 15 is 0 Å². The van der Waals surface area contributed by atoms with Crippen LogP contribution in [-0.4, -0.2) is 18.8 Å². The van der Waals surface area contributed by atoms with Gasteiger partial charge in [0.1, 0.15) is 5.82 Å². The Hall–Kier alpha value is -1.95. The van der Waals surface area contributed by atoms with E-state index in [1.165, 1.54) is 24.3 Å². The number of rotatable bonds is 3. The minimum atomic E-state index is -4.98. The van der Waals surface area contributed by atoms with Crippen molar-refractivity contribution in [3.05, 3.63) is 70.5 Å². The molecule has 156 valence electrons. The number of benzene rings is 2. The standard InChI is InChI=1S/C23H24F5N/c1-20(2)18-12-15(21(3,25)23(26,27)28)6-9-17(18)22(10-11-29-19(20)22)13-14-4-7-16(24)8-5-14/h4-9,12,19,29H,10-11,13H2,1-3H3. The minimum Gasteiger partial charge on any atom is -0.312 e. The molecule has 0 aromatic heterocycles. The van der Waals surface area contributed by atoms with E-state index in [1.54, 1.807) is 18.2 Å². The van der Waals surface area contributed by atoms with E-state index in [2.05, 4.69) is 5.32 Å². The first-order valence-corrected chi connectivity index (χ1v) is 9.78. The van der Waals surface area contributed by atoms with E-state index in [-0.39, 0.29) is 22.8 Å². The van der Waals surface area contributed by atoms with Gasteiger partial charge in [-0.25, -0.2) is 8.78 Å². The molecule has 0 saturated carbocycles. The van der Waals surface area contributed by atoms with Crippen LogP contribution in [0, 0.1) is 5.82 Å². The summed E-state index contributed by atoms with van der Waals surface area (Å²) < 4.78 is 67.8. The van der Waals surface area contributed by atoms with E-state index in [0.29, 0.717) is 13.3 Å². The van der Waals surface area contributed by atoms with Crippen molar-refractivity contribution < 1.29 is 22.0 Å². The Kier molecular flexibility index (Phi) is 4.40. The third-order valence-electron chi connectivity index (χ3n) is 6.95. The van der Waals surface area contributed by atoms with Gasteiger partial charge in [0.25, 0.3) is 0 Å². The highest BCUT2D eigenvalue weighted by Crippen LogP contribution is 2.56. The summed E-state index contributed by atoms with van der Waals surface area (Å²) in [6.07, 6.45) is -3.52. The lowest BCUT2D eigenvalue weighted by molar-refractivity contribution is -0.228. The van der Waals surface area contributed by atoms with Gasteiger partial charge < -0.3 is 5.32 Å². The quantitative estimate of drug-likeness (QED) is 0.641. The summed E-state index contributed by atoms with van der Waals surface area (Å²) in [5.41, 5.74) is -1.88. The third kappa shape index (κ3) is 2.90. The number of alkyl halides is 4. The Bertz CT molecular complexity index is 929. The van der Waals surface area contributed by atoms with Crippen molar-refractivity contribution >= 4 is 0 Å². The van der Waals surface area contributed by atoms with Gasteiger partial charge in [0.2, 0.25) is 5.67 Å². The Morgan fingerprint density at radius 3 is 2.28 bits per heavy atom. The molecule has 1 aliphatic carbocycles. The van der Waals surface area contributed by atoms with Crippen LogP contribution in [0.15, 0.2) is 42.5 Å². The van der Waals surface area contributed by atoms with Gasteiger partial charge in [-0.15, -0.1) is 0 Å². The van der Waals surface area contributed by atoms with Crippen LogP contribution in [0.1, 0.15) is 49.4 Å². The van der Waals surface area contributed by atoms with E-state index in [0.717, 1.165) is 29.7 Å². The van der Waals surface area contributed by atoms with Crippen LogP contribution >= 0.6 is 0 Å². The van der Waals surface area contributed by atoms with Gasteiger partial charge >= 0.3 is 6.18 Å². The molecule has 3 unspecified atom stereocenters. The van der Waals surface area contributed by atoms with Crippen LogP contribution in [-0.2, 0) is 22.9 Å². The molecular weight excluding hydrogens is 385 g/mol. The second-order valence-corrected chi connectivity index (χ2v) is 9.08. The molecule has 0 bridgehead atoms. The molecule has 0 radical (unpaired) electrons. The fourth-order valence-electron chi connectivity index (χ4n) is 5.39. The van der Waals surface area contributed by atoms with Crippen molar-refractivity contribution in [3.63, 3.8) is 0 Å². The van der Waals surface area contributed by atoms with E-state index in [4.69, 9.17) is 0 Å². The van der Waals surface area contributed by atoms with Crippen molar-refractivity contribution in [2.24, 2.45) is 0 Å². The van der Waals surface area contributed by atoms with E-state index < -0.39 is 17.3 Å². The normalized spacial score (nSPS) is 27.4. The number of hydrogen-bond donors (Lipinski definition) is 1. The molecule has 2 aromatic carbocycles. The molecule has 1 N–H and O–H groups in total. The summed E-state index contributed by atoms with van der Waals surface area (Å²) in [5, 5.41) is 3.53. The summed E-state index contributed by atoms with van der Waals surface area (Å²) in [5.74, 6) is -0.307. The fourth-order valence-corrected chi connectivity index (χ4v) is 5.39. The molecule has 2 aromatic rings. The Labute approximate surface area is 167 Å². The zero-order chi connectivity index (χ0) is 21.2. The highest BCUT2D eigenvalue weighted by atomic mass is 19.4. The first-order valence-electron chi connectivity index (χ1n) is 9.78. The average molecular weight is 409 g/mol. The van der Waals surface area contributed by atoms with Gasteiger partial charge in [0, 0.05) is 16.9 Å². The summed E-state index contributed by atoms with van der Waals surface area (Å²) in [4.78, 5) is 0. The van der Waals surface area contributed by atoms with Crippen LogP contribution in [0.2, 0.25) is 0 Å². The van der Waals surface area contributed by atoms with Gasteiger partial charge in [-0.2, -0.15) is 13.2 Å². The lowest BCUT2D eigenvalue weighted by Gasteiger charge is -2.35. The van der Waals surface area contributed by atoms with Gasteiger partial charge in [0.15, 0.2) is 0 Å². The van der Waals surface area contributed by atoms with Gasteiger partial charge in [-0.3, -0.25) is 0 Å². The van der Waals surface area contributed by atoms with Crippen LogP contribution in [0.3, 0.4) is 0 Å². The summed E-state index contributed by atoms with van der Waals surface area (Å²) >= 11 is 0. The van der Waals surface area contributed by atoms with Crippen molar-refractivity contribution in [2.45, 2.75) is 62.3 Å². The molecule has 6 heteroatoms. The minimum absolute atomic E-state index is 0.00190. The van der Waals surface area contributed by atoms with Gasteiger partial charge in [0.05, 0.1) is 0 Å². The lowest BCUT2D eigenvalue weighted by Crippen LogP contribution is -2.47. The third-order valence-corrected chi connectivity index (χ3v) is 6.95. The SMILES string of the molecule is CC1(C)c2cc(C(C)(F)C(F)(F)F)ccc2C2(Cc3ccc(F)cc3)CCNC12. The first kappa shape index (κ1) is 20.3. The van der Waals surface area contributed by atoms with Crippen molar-refractivity contribution in [1.29, 1.82) is 0 Å². The number of fused-ring (bicyclic) bond motifs is 3. The molecule has 3 atom stereocenters. The molecule has 1 aliphatic heterocycles. The van der Waals surface area contributed by atoms with Crippen molar-refractivity contribution in [3.8, 4) is 0 Å². The number of nitrogens with one attached hydrogen (secondary N) is 1. The van der Waals surface area contributed by atoms with E-state index in [1.807, 2.05) is 13.8 Å². The lowest BCUT2D eigenvalue weighted by atomic mass is 9.70. The molecule has 1 heterocycles. The predicted octanol–water partition coefficient (Wildman–Crippen LogP) is 5.71. The first-order chi connectivity index (χ1) is 13.4. The molecule has 1 saturated heterocycles. The second-order valence-electron chi connectivity index (χ2n) is 9.08. The summed E-state index contributed by atoms with van der Waals surface area (Å²) in [7, 11) is 0. The topological polar surface area (TPSA) is 12.0 Å². The number of halogens is 5. The predicted molar refractivity (Wildman–Crippen MR) is 102 cm³/mol. The van der Waals surface area contributed by atoms with Crippen LogP contribution < -0.4 is 5.32 Å². The molecular formula is C23H24F5N. The largest absolute Gasteiger partial charge is 0.426 e. The summed E-state index contributed by atoms with van der Waals surface area (Å²) in [6, 6.07) is 10.7. The smallest absolute Gasteiger partial charge is 0.312 e. The Morgan fingerprint density at radius 2 is 1.66 bits per heavy atom. The maximum Gasteiger partial charge on any atom is 0.426 e. The Balaban J connectivity index is 1.83. The molecule has 29 heavy (non-hydrogen) atoms. The monoisotopic (exact) mass is 409 g/mol. The zero-order valence-corrected chi connectivity index (χ0v) is 16.6. The highest BCUT2D eigenvalue weighted by molar-refractivity contribution is 5.53. The number of hydrogen-bond acceptors (Lipinski definition) is 1. The van der Waals surface area contributed by atoms with Crippen LogP contribution in [0.4, 0.5) is 22.0 Å². The van der Waals surface area contributed by atoms with Crippen molar-refractivity contribution in [2.75, 3.05) is 6.54 Å². The zero-order valence-electron chi connectivity index (χ0n) is 16.6. The molecule has 1 nitrogen and oxygen atoms in total. The van der Waals surface area contributed by atoms with Crippen molar-refractivity contribution in [1.82, 2.24) is 5.32 Å². The van der Waals surface area contributed by atoms with E-state index in [9.17, 15) is 22.0 Å². The average Bonchev–Trinajstić information content (AvgIpc) is 3.13. The second kappa shape index (κ2) is 6.27. The molecule has 4 rings (SSSR count). The van der Waals surface area contributed by atoms with Gasteiger partial charge in [-0.05, 0) is 60.7 Å². The molecule has 2 aliphatic rings.